The van der Waals surface area contributed by atoms with Crippen molar-refractivity contribution in [1.82, 2.24) is 10.6 Å². The maximum absolute atomic E-state index is 12.7. The van der Waals surface area contributed by atoms with Crippen molar-refractivity contribution in [2.45, 2.75) is 52.7 Å². The van der Waals surface area contributed by atoms with Gasteiger partial charge in [-0.05, 0) is 66.6 Å². The van der Waals surface area contributed by atoms with E-state index in [2.05, 4.69) is 10.6 Å². The molecule has 0 aliphatic heterocycles. The summed E-state index contributed by atoms with van der Waals surface area (Å²) in [6, 6.07) is 10.9. The number of ether oxygens (including phenoxy) is 1. The van der Waals surface area contributed by atoms with E-state index in [4.69, 9.17) is 9.84 Å². The van der Waals surface area contributed by atoms with Gasteiger partial charge in [-0.15, -0.1) is 0 Å². The van der Waals surface area contributed by atoms with Crippen LogP contribution in [0.1, 0.15) is 59.9 Å². The zero-order chi connectivity index (χ0) is 24.2. The Bertz CT molecular complexity index is 1010. The molecular weight excluding hydrogens is 420 g/mol. The van der Waals surface area contributed by atoms with E-state index >= 15 is 0 Å². The Hall–Kier alpha value is -2.90. The summed E-state index contributed by atoms with van der Waals surface area (Å²) >= 11 is 0. The van der Waals surface area contributed by atoms with Gasteiger partial charge in [-0.1, -0.05) is 26.8 Å². The van der Waals surface area contributed by atoms with Crippen molar-refractivity contribution < 1.29 is 24.5 Å². The molecule has 0 spiro atoms. The fourth-order valence-electron chi connectivity index (χ4n) is 3.24. The van der Waals surface area contributed by atoms with Crippen LogP contribution in [-0.4, -0.2) is 53.9 Å². The van der Waals surface area contributed by atoms with Gasteiger partial charge in [-0.25, -0.2) is 0 Å². The van der Waals surface area contributed by atoms with E-state index in [9.17, 15) is 14.7 Å². The van der Waals surface area contributed by atoms with E-state index in [1.165, 1.54) is 0 Å². The molecule has 1 aliphatic carbocycles. The van der Waals surface area contributed by atoms with Crippen LogP contribution >= 0.6 is 0 Å². The SMILES string of the molecule is Cc1ccc(C(=O)NC2CC2)cc1-c1ccc(C(=O)NCC(C)(C)C)cc1OCC(O)CO. The molecule has 33 heavy (non-hydrogen) atoms. The molecule has 0 heterocycles. The molecule has 1 unspecified atom stereocenters. The number of amides is 2. The number of carbonyl (C=O) groups excluding carboxylic acids is 2. The van der Waals surface area contributed by atoms with Crippen LogP contribution in [0, 0.1) is 12.3 Å². The van der Waals surface area contributed by atoms with E-state index in [-0.39, 0.29) is 29.9 Å². The lowest BCUT2D eigenvalue weighted by molar-refractivity contribution is 0.0537. The number of carbonyl (C=O) groups is 2. The van der Waals surface area contributed by atoms with Crippen LogP contribution in [0.5, 0.6) is 5.75 Å². The standard InChI is InChI=1S/C26H34N2O5/c1-16-5-6-17(25(32)28-19-8-9-19)11-22(16)21-10-7-18(24(31)27-15-26(2,3)4)12-23(21)33-14-20(30)13-29/h5-7,10-12,19-20,29-30H,8-9,13-15H2,1-4H3,(H,27,31)(H,28,32). The molecule has 1 saturated carbocycles. The van der Waals surface area contributed by atoms with Crippen LogP contribution in [0.2, 0.25) is 0 Å². The topological polar surface area (TPSA) is 108 Å². The number of aliphatic hydroxyl groups excluding tert-OH is 2. The Labute approximate surface area is 195 Å². The third-order valence-corrected chi connectivity index (χ3v) is 5.37. The monoisotopic (exact) mass is 454 g/mol. The van der Waals surface area contributed by atoms with E-state index in [0.717, 1.165) is 24.0 Å². The molecule has 2 aromatic carbocycles. The minimum Gasteiger partial charge on any atom is -0.490 e. The fraction of sp³-hybridized carbons (Fsp3) is 0.462. The molecule has 7 nitrogen and oxygen atoms in total. The predicted octanol–water partition coefficient (Wildman–Crippen LogP) is 3.06. The van der Waals surface area contributed by atoms with Crippen molar-refractivity contribution in [1.29, 1.82) is 0 Å². The van der Waals surface area contributed by atoms with Gasteiger partial charge in [0.2, 0.25) is 0 Å². The van der Waals surface area contributed by atoms with Gasteiger partial charge in [0.15, 0.2) is 0 Å². The number of benzene rings is 2. The normalized spacial score (nSPS) is 14.5. The molecule has 2 amide bonds. The van der Waals surface area contributed by atoms with Crippen LogP contribution < -0.4 is 15.4 Å². The number of hydrogen-bond acceptors (Lipinski definition) is 5. The van der Waals surface area contributed by atoms with Gasteiger partial charge >= 0.3 is 0 Å². The molecule has 2 aromatic rings. The average Bonchev–Trinajstić information content (AvgIpc) is 3.59. The first-order chi connectivity index (χ1) is 15.6. The Morgan fingerprint density at radius 2 is 1.73 bits per heavy atom. The first kappa shape index (κ1) is 24.7. The largest absolute Gasteiger partial charge is 0.490 e. The number of hydrogen-bond donors (Lipinski definition) is 4. The van der Waals surface area contributed by atoms with Crippen LogP contribution in [-0.2, 0) is 0 Å². The lowest BCUT2D eigenvalue weighted by atomic mass is 9.95. The van der Waals surface area contributed by atoms with Crippen molar-refractivity contribution in [3.63, 3.8) is 0 Å². The summed E-state index contributed by atoms with van der Waals surface area (Å²) in [5.74, 6) is 0.0576. The Morgan fingerprint density at radius 3 is 2.36 bits per heavy atom. The highest BCUT2D eigenvalue weighted by atomic mass is 16.5. The Morgan fingerprint density at radius 1 is 1.06 bits per heavy atom. The Kier molecular flexibility index (Phi) is 7.76. The summed E-state index contributed by atoms with van der Waals surface area (Å²) in [6.07, 6.45) is 0.968. The number of rotatable bonds is 9. The van der Waals surface area contributed by atoms with E-state index < -0.39 is 12.7 Å². The van der Waals surface area contributed by atoms with Crippen LogP contribution in [0.25, 0.3) is 11.1 Å². The lowest BCUT2D eigenvalue weighted by Crippen LogP contribution is -2.32. The zero-order valence-electron chi connectivity index (χ0n) is 19.8. The molecule has 1 aliphatic rings. The number of nitrogens with one attached hydrogen (secondary N) is 2. The van der Waals surface area contributed by atoms with Crippen molar-refractivity contribution >= 4 is 11.8 Å². The highest BCUT2D eigenvalue weighted by Crippen LogP contribution is 2.34. The van der Waals surface area contributed by atoms with Crippen molar-refractivity contribution in [2.75, 3.05) is 19.8 Å². The summed E-state index contributed by atoms with van der Waals surface area (Å²) in [4.78, 5) is 25.3. The minimum atomic E-state index is -1.05. The molecule has 178 valence electrons. The number of aliphatic hydroxyl groups is 2. The quantitative estimate of drug-likeness (QED) is 0.466. The van der Waals surface area contributed by atoms with Crippen LogP contribution in [0.4, 0.5) is 0 Å². The van der Waals surface area contributed by atoms with Gasteiger partial charge in [-0.2, -0.15) is 0 Å². The molecule has 0 aromatic heterocycles. The van der Waals surface area contributed by atoms with Gasteiger partial charge in [0, 0.05) is 29.3 Å². The minimum absolute atomic E-state index is 0.0568. The van der Waals surface area contributed by atoms with E-state index in [1.54, 1.807) is 24.3 Å². The third-order valence-electron chi connectivity index (χ3n) is 5.37. The molecule has 0 saturated heterocycles. The molecule has 4 N–H and O–H groups in total. The van der Waals surface area contributed by atoms with Crippen molar-refractivity contribution in [3.05, 3.63) is 53.1 Å². The lowest BCUT2D eigenvalue weighted by Gasteiger charge is -2.20. The van der Waals surface area contributed by atoms with Gasteiger partial charge in [0.05, 0.1) is 6.61 Å². The molecule has 3 rings (SSSR count). The predicted molar refractivity (Wildman–Crippen MR) is 127 cm³/mol. The highest BCUT2D eigenvalue weighted by molar-refractivity contribution is 5.97. The molecule has 1 fully saturated rings. The molecular formula is C26H34N2O5. The van der Waals surface area contributed by atoms with E-state index in [0.29, 0.717) is 29.0 Å². The molecule has 0 radical (unpaired) electrons. The second-order valence-electron chi connectivity index (χ2n) is 9.88. The number of aryl methyl sites for hydroxylation is 1. The van der Waals surface area contributed by atoms with Crippen LogP contribution in [0.3, 0.4) is 0 Å². The van der Waals surface area contributed by atoms with Gasteiger partial charge in [0.1, 0.15) is 18.5 Å². The third kappa shape index (κ3) is 7.04. The van der Waals surface area contributed by atoms with Crippen molar-refractivity contribution in [2.24, 2.45) is 5.41 Å². The van der Waals surface area contributed by atoms with Gasteiger partial charge in [0.25, 0.3) is 11.8 Å². The first-order valence-electron chi connectivity index (χ1n) is 11.3. The maximum atomic E-state index is 12.7. The molecule has 1 atom stereocenters. The summed E-state index contributed by atoms with van der Waals surface area (Å²) < 4.78 is 5.82. The fourth-order valence-corrected chi connectivity index (χ4v) is 3.24. The smallest absolute Gasteiger partial charge is 0.251 e. The summed E-state index contributed by atoms with van der Waals surface area (Å²) in [7, 11) is 0. The van der Waals surface area contributed by atoms with Gasteiger partial charge < -0.3 is 25.6 Å². The summed E-state index contributed by atoms with van der Waals surface area (Å²) in [6.45, 7) is 8.01. The second-order valence-corrected chi connectivity index (χ2v) is 9.88. The first-order valence-corrected chi connectivity index (χ1v) is 11.3. The summed E-state index contributed by atoms with van der Waals surface area (Å²) in [5.41, 5.74) is 3.36. The maximum Gasteiger partial charge on any atom is 0.251 e. The Balaban J connectivity index is 1.94. The molecule has 0 bridgehead atoms. The summed E-state index contributed by atoms with van der Waals surface area (Å²) in [5, 5.41) is 24.9. The second kappa shape index (κ2) is 10.4. The van der Waals surface area contributed by atoms with Crippen LogP contribution in [0.15, 0.2) is 36.4 Å². The average molecular weight is 455 g/mol. The van der Waals surface area contributed by atoms with Gasteiger partial charge in [-0.3, -0.25) is 9.59 Å². The highest BCUT2D eigenvalue weighted by Gasteiger charge is 2.24. The molecule has 7 heteroatoms. The van der Waals surface area contributed by atoms with E-state index in [1.807, 2.05) is 39.8 Å². The van der Waals surface area contributed by atoms with Crippen molar-refractivity contribution in [3.8, 4) is 16.9 Å². The zero-order valence-corrected chi connectivity index (χ0v) is 19.8.